The highest BCUT2D eigenvalue weighted by molar-refractivity contribution is 6.32. The van der Waals surface area contributed by atoms with Crippen molar-refractivity contribution >= 4 is 29.2 Å². The summed E-state index contributed by atoms with van der Waals surface area (Å²) in [5.41, 5.74) is 0.737. The lowest BCUT2D eigenvalue weighted by Crippen LogP contribution is -2.27. The summed E-state index contributed by atoms with van der Waals surface area (Å²) in [6, 6.07) is 14.0. The normalized spacial score (nSPS) is 16.8. The van der Waals surface area contributed by atoms with E-state index in [1.165, 1.54) is 0 Å². The number of hydrogen-bond donors (Lipinski definition) is 0. The Bertz CT molecular complexity index is 775. The zero-order valence-corrected chi connectivity index (χ0v) is 14.5. The number of halogens is 1. The predicted molar refractivity (Wildman–Crippen MR) is 95.2 cm³/mol. The Labute approximate surface area is 151 Å². The van der Waals surface area contributed by atoms with Crippen molar-refractivity contribution in [3.05, 3.63) is 53.6 Å². The van der Waals surface area contributed by atoms with Crippen molar-refractivity contribution in [3.63, 3.8) is 0 Å². The smallest absolute Gasteiger partial charge is 0.316 e. The molecular formula is C19H18ClNO4. The number of amides is 1. The fourth-order valence-electron chi connectivity index (χ4n) is 2.72. The summed E-state index contributed by atoms with van der Waals surface area (Å²) < 4.78 is 10.7. The molecule has 0 spiro atoms. The molecule has 1 aliphatic rings. The van der Waals surface area contributed by atoms with Crippen LogP contribution in [0.4, 0.5) is 5.69 Å². The van der Waals surface area contributed by atoms with Crippen LogP contribution in [0.2, 0.25) is 5.02 Å². The standard InChI is InChI=1S/C19H18ClNO4/c1-2-24-15-9-7-14(8-10-15)21-12-13(11-18(21)22)19(23)25-17-6-4-3-5-16(17)20/h3-10,13H,2,11-12H2,1H3/t13-/m1/s1. The molecule has 0 bridgehead atoms. The summed E-state index contributed by atoms with van der Waals surface area (Å²) in [4.78, 5) is 26.2. The first-order chi connectivity index (χ1) is 12.1. The number of hydrogen-bond acceptors (Lipinski definition) is 4. The van der Waals surface area contributed by atoms with Crippen molar-refractivity contribution in [1.82, 2.24) is 0 Å². The summed E-state index contributed by atoms with van der Waals surface area (Å²) >= 11 is 6.00. The van der Waals surface area contributed by atoms with Crippen molar-refractivity contribution in [2.45, 2.75) is 13.3 Å². The number of carbonyl (C=O) groups excluding carboxylic acids is 2. The number of nitrogens with zero attached hydrogens (tertiary/aromatic N) is 1. The van der Waals surface area contributed by atoms with E-state index in [0.29, 0.717) is 17.4 Å². The van der Waals surface area contributed by atoms with Gasteiger partial charge in [-0.2, -0.15) is 0 Å². The Balaban J connectivity index is 1.67. The summed E-state index contributed by atoms with van der Waals surface area (Å²) in [6.07, 6.45) is 0.122. The highest BCUT2D eigenvalue weighted by atomic mass is 35.5. The largest absolute Gasteiger partial charge is 0.494 e. The number of esters is 1. The van der Waals surface area contributed by atoms with E-state index in [4.69, 9.17) is 21.1 Å². The molecule has 1 aliphatic heterocycles. The zero-order valence-electron chi connectivity index (χ0n) is 13.8. The Morgan fingerprint density at radius 1 is 1.20 bits per heavy atom. The monoisotopic (exact) mass is 359 g/mol. The molecule has 0 unspecified atom stereocenters. The maximum atomic E-state index is 12.3. The second-order valence-electron chi connectivity index (χ2n) is 5.68. The molecule has 3 rings (SSSR count). The van der Waals surface area contributed by atoms with E-state index in [1.54, 1.807) is 29.2 Å². The van der Waals surface area contributed by atoms with Gasteiger partial charge in [-0.1, -0.05) is 23.7 Å². The Hall–Kier alpha value is -2.53. The SMILES string of the molecule is CCOc1ccc(N2C[C@H](C(=O)Oc3ccccc3Cl)CC2=O)cc1. The molecular weight excluding hydrogens is 342 g/mol. The first-order valence-electron chi connectivity index (χ1n) is 8.08. The molecule has 0 aromatic heterocycles. The van der Waals surface area contributed by atoms with Crippen LogP contribution in [0.5, 0.6) is 11.5 Å². The van der Waals surface area contributed by atoms with Crippen LogP contribution < -0.4 is 14.4 Å². The van der Waals surface area contributed by atoms with Crippen molar-refractivity contribution < 1.29 is 19.1 Å². The van der Waals surface area contributed by atoms with Crippen LogP contribution in [0.3, 0.4) is 0 Å². The molecule has 1 atom stereocenters. The van der Waals surface area contributed by atoms with Crippen LogP contribution >= 0.6 is 11.6 Å². The van der Waals surface area contributed by atoms with Gasteiger partial charge in [0.05, 0.1) is 17.5 Å². The van der Waals surface area contributed by atoms with E-state index in [9.17, 15) is 9.59 Å². The molecule has 0 radical (unpaired) electrons. The minimum absolute atomic E-state index is 0.106. The van der Waals surface area contributed by atoms with E-state index in [0.717, 1.165) is 11.4 Å². The van der Waals surface area contributed by atoms with E-state index in [1.807, 2.05) is 31.2 Å². The average Bonchev–Trinajstić information content (AvgIpc) is 3.00. The third kappa shape index (κ3) is 3.94. The van der Waals surface area contributed by atoms with Crippen LogP contribution in [0, 0.1) is 5.92 Å². The van der Waals surface area contributed by atoms with E-state index in [2.05, 4.69) is 0 Å². The minimum Gasteiger partial charge on any atom is -0.494 e. The molecule has 1 saturated heterocycles. The topological polar surface area (TPSA) is 55.8 Å². The minimum atomic E-state index is -0.518. The quantitative estimate of drug-likeness (QED) is 0.603. The van der Waals surface area contributed by atoms with Crippen molar-refractivity contribution in [2.24, 2.45) is 5.92 Å². The Morgan fingerprint density at radius 3 is 2.60 bits per heavy atom. The van der Waals surface area contributed by atoms with Crippen LogP contribution in [0.25, 0.3) is 0 Å². The highest BCUT2D eigenvalue weighted by Crippen LogP contribution is 2.29. The molecule has 1 amide bonds. The Kier molecular flexibility index (Phi) is 5.24. The van der Waals surface area contributed by atoms with Gasteiger partial charge in [0.25, 0.3) is 0 Å². The summed E-state index contributed by atoms with van der Waals surface area (Å²) in [7, 11) is 0. The summed E-state index contributed by atoms with van der Waals surface area (Å²) in [6.45, 7) is 2.78. The maximum absolute atomic E-state index is 12.3. The van der Waals surface area contributed by atoms with Gasteiger partial charge in [-0.25, -0.2) is 0 Å². The van der Waals surface area contributed by atoms with Gasteiger partial charge < -0.3 is 14.4 Å². The molecule has 6 heteroatoms. The molecule has 2 aromatic carbocycles. The van der Waals surface area contributed by atoms with E-state index in [-0.39, 0.29) is 18.9 Å². The van der Waals surface area contributed by atoms with Gasteiger partial charge in [0.2, 0.25) is 5.91 Å². The third-order valence-corrected chi connectivity index (χ3v) is 4.28. The number of carbonyl (C=O) groups is 2. The fraction of sp³-hybridized carbons (Fsp3) is 0.263. The number of para-hydroxylation sites is 1. The molecule has 25 heavy (non-hydrogen) atoms. The number of anilines is 1. The van der Waals surface area contributed by atoms with Crippen LogP contribution in [-0.4, -0.2) is 25.0 Å². The van der Waals surface area contributed by atoms with Gasteiger partial charge >= 0.3 is 5.97 Å². The van der Waals surface area contributed by atoms with Crippen molar-refractivity contribution in [2.75, 3.05) is 18.1 Å². The molecule has 2 aromatic rings. The molecule has 130 valence electrons. The van der Waals surface area contributed by atoms with E-state index < -0.39 is 11.9 Å². The van der Waals surface area contributed by atoms with Crippen LogP contribution in [0.1, 0.15) is 13.3 Å². The highest BCUT2D eigenvalue weighted by Gasteiger charge is 2.36. The summed E-state index contributed by atoms with van der Waals surface area (Å²) in [5, 5.41) is 0.364. The van der Waals surface area contributed by atoms with Gasteiger partial charge in [-0.05, 0) is 43.3 Å². The molecule has 1 heterocycles. The second-order valence-corrected chi connectivity index (χ2v) is 6.09. The lowest BCUT2D eigenvalue weighted by atomic mass is 10.1. The fourth-order valence-corrected chi connectivity index (χ4v) is 2.90. The third-order valence-electron chi connectivity index (χ3n) is 3.96. The van der Waals surface area contributed by atoms with Gasteiger partial charge in [0.15, 0.2) is 0 Å². The second kappa shape index (κ2) is 7.57. The first-order valence-corrected chi connectivity index (χ1v) is 8.45. The molecule has 1 fully saturated rings. The lowest BCUT2D eigenvalue weighted by molar-refractivity contribution is -0.139. The predicted octanol–water partition coefficient (Wildman–Crippen LogP) is 3.70. The van der Waals surface area contributed by atoms with Crippen molar-refractivity contribution in [1.29, 1.82) is 0 Å². The van der Waals surface area contributed by atoms with Gasteiger partial charge in [0.1, 0.15) is 11.5 Å². The Morgan fingerprint density at radius 2 is 1.92 bits per heavy atom. The molecule has 0 N–H and O–H groups in total. The van der Waals surface area contributed by atoms with Crippen LogP contribution in [-0.2, 0) is 9.59 Å². The maximum Gasteiger partial charge on any atom is 0.316 e. The number of benzene rings is 2. The first kappa shape index (κ1) is 17.3. The van der Waals surface area contributed by atoms with Crippen molar-refractivity contribution in [3.8, 4) is 11.5 Å². The van der Waals surface area contributed by atoms with Crippen LogP contribution in [0.15, 0.2) is 48.5 Å². The average molecular weight is 360 g/mol. The van der Waals surface area contributed by atoms with Gasteiger partial charge in [-0.3, -0.25) is 9.59 Å². The number of rotatable bonds is 5. The molecule has 0 saturated carbocycles. The zero-order chi connectivity index (χ0) is 17.8. The van der Waals surface area contributed by atoms with Gasteiger partial charge in [0, 0.05) is 18.7 Å². The lowest BCUT2D eigenvalue weighted by Gasteiger charge is -2.17. The number of ether oxygens (including phenoxy) is 2. The van der Waals surface area contributed by atoms with Gasteiger partial charge in [-0.15, -0.1) is 0 Å². The molecule has 0 aliphatic carbocycles. The molecule has 5 nitrogen and oxygen atoms in total. The summed E-state index contributed by atoms with van der Waals surface area (Å²) in [5.74, 6) is -0.0239. The van der Waals surface area contributed by atoms with E-state index >= 15 is 0 Å².